The van der Waals surface area contributed by atoms with Gasteiger partial charge in [0.25, 0.3) is 5.56 Å². The quantitative estimate of drug-likeness (QED) is 0.692. The zero-order valence-corrected chi connectivity index (χ0v) is 7.85. The number of pyridine rings is 1. The number of rotatable bonds is 5. The fraction of sp³-hybridized carbons (Fsp3) is 0.300. The van der Waals surface area contributed by atoms with Crippen molar-refractivity contribution in [3.63, 3.8) is 0 Å². The summed E-state index contributed by atoms with van der Waals surface area (Å²) in [7, 11) is 0. The number of aliphatic hydroxyl groups is 1. The molecule has 0 amide bonds. The van der Waals surface area contributed by atoms with Crippen LogP contribution in [0.3, 0.4) is 0 Å². The van der Waals surface area contributed by atoms with E-state index in [1.54, 1.807) is 24.4 Å². The van der Waals surface area contributed by atoms with E-state index in [1.807, 2.05) is 0 Å². The van der Waals surface area contributed by atoms with Crippen molar-refractivity contribution >= 4 is 0 Å². The Kier molecular flexibility index (Phi) is 3.94. The van der Waals surface area contributed by atoms with Gasteiger partial charge in [0.1, 0.15) is 6.61 Å². The predicted octanol–water partition coefficient (Wildman–Crippen LogP) is 0.405. The van der Waals surface area contributed by atoms with Crippen molar-refractivity contribution in [3.8, 4) is 5.75 Å². The molecule has 0 fully saturated rings. The highest BCUT2D eigenvalue weighted by Crippen LogP contribution is 2.01. The Morgan fingerprint density at radius 1 is 1.64 bits per heavy atom. The summed E-state index contributed by atoms with van der Waals surface area (Å²) in [5, 5.41) is 8.69. The fourth-order valence-electron chi connectivity index (χ4n) is 1.06. The second-order valence-corrected chi connectivity index (χ2v) is 2.69. The highest BCUT2D eigenvalue weighted by molar-refractivity contribution is 5.17. The third-order valence-electron chi connectivity index (χ3n) is 1.68. The molecule has 0 aliphatic heterocycles. The van der Waals surface area contributed by atoms with E-state index in [-0.39, 0.29) is 24.5 Å². The maximum Gasteiger partial charge on any atom is 0.292 e. The first-order valence-corrected chi connectivity index (χ1v) is 4.33. The van der Waals surface area contributed by atoms with Crippen LogP contribution in [0, 0.1) is 0 Å². The number of hydrogen-bond acceptors (Lipinski definition) is 3. The van der Waals surface area contributed by atoms with Crippen LogP contribution in [0.4, 0.5) is 0 Å². The highest BCUT2D eigenvalue weighted by Gasteiger charge is 2.02. The van der Waals surface area contributed by atoms with Crippen molar-refractivity contribution in [2.45, 2.75) is 6.54 Å². The Bertz CT molecular complexity index is 357. The molecule has 1 N–H and O–H groups in total. The lowest BCUT2D eigenvalue weighted by molar-refractivity contribution is 0.272. The molecule has 1 rings (SSSR count). The van der Waals surface area contributed by atoms with E-state index >= 15 is 0 Å². The van der Waals surface area contributed by atoms with E-state index in [9.17, 15) is 4.79 Å². The Balaban J connectivity index is 2.89. The topological polar surface area (TPSA) is 51.5 Å². The Morgan fingerprint density at radius 3 is 3.07 bits per heavy atom. The van der Waals surface area contributed by atoms with E-state index in [2.05, 4.69) is 6.58 Å². The molecule has 1 aromatic rings. The number of aliphatic hydroxyl groups excluding tert-OH is 1. The first-order chi connectivity index (χ1) is 6.79. The lowest BCUT2D eigenvalue weighted by Gasteiger charge is -2.06. The molecule has 14 heavy (non-hydrogen) atoms. The fourth-order valence-corrected chi connectivity index (χ4v) is 1.06. The average Bonchev–Trinajstić information content (AvgIpc) is 2.20. The molecule has 0 radical (unpaired) electrons. The number of nitrogens with zero attached hydrogens (tertiary/aromatic N) is 1. The van der Waals surface area contributed by atoms with Gasteiger partial charge in [0.2, 0.25) is 0 Å². The maximum atomic E-state index is 11.6. The Hall–Kier alpha value is -1.55. The van der Waals surface area contributed by atoms with E-state index in [0.29, 0.717) is 6.61 Å². The number of hydrogen-bond donors (Lipinski definition) is 1. The maximum absolute atomic E-state index is 11.6. The van der Waals surface area contributed by atoms with Crippen molar-refractivity contribution < 1.29 is 9.84 Å². The van der Waals surface area contributed by atoms with Crippen molar-refractivity contribution in [2.24, 2.45) is 0 Å². The molecule has 0 aromatic carbocycles. The van der Waals surface area contributed by atoms with Crippen LogP contribution in [0.2, 0.25) is 0 Å². The van der Waals surface area contributed by atoms with Gasteiger partial charge in [0.05, 0.1) is 6.61 Å². The molecule has 4 heteroatoms. The van der Waals surface area contributed by atoms with Gasteiger partial charge < -0.3 is 14.4 Å². The molecule has 1 heterocycles. The summed E-state index contributed by atoms with van der Waals surface area (Å²) >= 11 is 0. The van der Waals surface area contributed by atoms with Crippen LogP contribution in [0.5, 0.6) is 5.75 Å². The lowest BCUT2D eigenvalue weighted by atomic mass is 10.4. The van der Waals surface area contributed by atoms with Gasteiger partial charge in [-0.1, -0.05) is 12.7 Å². The van der Waals surface area contributed by atoms with Gasteiger partial charge >= 0.3 is 0 Å². The molecule has 76 valence electrons. The van der Waals surface area contributed by atoms with Crippen LogP contribution in [0.25, 0.3) is 0 Å². The minimum atomic E-state index is -0.233. The molecule has 0 spiro atoms. The van der Waals surface area contributed by atoms with Gasteiger partial charge in [-0.2, -0.15) is 0 Å². The molecule has 4 nitrogen and oxygen atoms in total. The van der Waals surface area contributed by atoms with Gasteiger partial charge in [-0.05, 0) is 12.1 Å². The molecule has 0 saturated heterocycles. The van der Waals surface area contributed by atoms with Crippen LogP contribution in [-0.2, 0) is 6.54 Å². The predicted molar refractivity (Wildman–Crippen MR) is 53.5 cm³/mol. The van der Waals surface area contributed by atoms with Crippen molar-refractivity contribution in [3.05, 3.63) is 41.3 Å². The van der Waals surface area contributed by atoms with Crippen LogP contribution < -0.4 is 10.3 Å². The zero-order chi connectivity index (χ0) is 10.4. The molecule has 0 bridgehead atoms. The SMILES string of the molecule is C=CCOc1cccn(CCO)c1=O. The summed E-state index contributed by atoms with van der Waals surface area (Å²) in [5.41, 5.74) is -0.233. The molecule has 0 aliphatic carbocycles. The summed E-state index contributed by atoms with van der Waals surface area (Å²) in [6.45, 7) is 4.01. The molecule has 0 atom stereocenters. The van der Waals surface area contributed by atoms with Crippen molar-refractivity contribution in [2.75, 3.05) is 13.2 Å². The average molecular weight is 195 g/mol. The number of ether oxygens (including phenoxy) is 1. The van der Waals surface area contributed by atoms with Crippen molar-refractivity contribution in [1.82, 2.24) is 4.57 Å². The van der Waals surface area contributed by atoms with Gasteiger partial charge in [-0.25, -0.2) is 0 Å². The minimum Gasteiger partial charge on any atom is -0.484 e. The summed E-state index contributed by atoms with van der Waals surface area (Å²) < 4.78 is 6.54. The van der Waals surface area contributed by atoms with Gasteiger partial charge in [-0.15, -0.1) is 0 Å². The minimum absolute atomic E-state index is 0.0647. The first-order valence-electron chi connectivity index (χ1n) is 4.33. The summed E-state index contributed by atoms with van der Waals surface area (Å²) in [6, 6.07) is 3.30. The van der Waals surface area contributed by atoms with Gasteiger partial charge in [-0.3, -0.25) is 4.79 Å². The lowest BCUT2D eigenvalue weighted by Crippen LogP contribution is -2.22. The summed E-state index contributed by atoms with van der Waals surface area (Å²) in [5.74, 6) is 0.279. The third-order valence-corrected chi connectivity index (χ3v) is 1.68. The van der Waals surface area contributed by atoms with Crippen molar-refractivity contribution in [1.29, 1.82) is 0 Å². The van der Waals surface area contributed by atoms with E-state index < -0.39 is 0 Å². The zero-order valence-electron chi connectivity index (χ0n) is 7.85. The third kappa shape index (κ3) is 2.47. The molecular formula is C10H13NO3. The summed E-state index contributed by atoms with van der Waals surface area (Å²) in [6.07, 6.45) is 3.18. The monoisotopic (exact) mass is 195 g/mol. The van der Waals surface area contributed by atoms with E-state index in [1.165, 1.54) is 4.57 Å². The smallest absolute Gasteiger partial charge is 0.292 e. The second-order valence-electron chi connectivity index (χ2n) is 2.69. The van der Waals surface area contributed by atoms with E-state index in [0.717, 1.165) is 0 Å². The van der Waals surface area contributed by atoms with Crippen LogP contribution >= 0.6 is 0 Å². The molecule has 1 aromatic heterocycles. The normalized spacial score (nSPS) is 9.79. The molecular weight excluding hydrogens is 182 g/mol. The number of aromatic nitrogens is 1. The standard InChI is InChI=1S/C10H13NO3/c1-2-8-14-9-4-3-5-11(6-7-12)10(9)13/h2-5,12H,1,6-8H2. The molecule has 0 aliphatic rings. The van der Waals surface area contributed by atoms with E-state index in [4.69, 9.17) is 9.84 Å². The van der Waals surface area contributed by atoms with Gasteiger partial charge in [0, 0.05) is 12.7 Å². The molecule has 0 saturated carbocycles. The highest BCUT2D eigenvalue weighted by atomic mass is 16.5. The van der Waals surface area contributed by atoms with Gasteiger partial charge in [0.15, 0.2) is 5.75 Å². The van der Waals surface area contributed by atoms with Crippen LogP contribution in [-0.4, -0.2) is 22.9 Å². The molecule has 0 unspecified atom stereocenters. The van der Waals surface area contributed by atoms with Crippen LogP contribution in [0.15, 0.2) is 35.8 Å². The largest absolute Gasteiger partial charge is 0.484 e. The Labute approximate surface area is 82.1 Å². The second kappa shape index (κ2) is 5.24. The Morgan fingerprint density at radius 2 is 2.43 bits per heavy atom. The summed E-state index contributed by atoms with van der Waals surface area (Å²) in [4.78, 5) is 11.6. The first kappa shape index (κ1) is 10.5. The van der Waals surface area contributed by atoms with Crippen LogP contribution in [0.1, 0.15) is 0 Å².